The van der Waals surface area contributed by atoms with Gasteiger partial charge in [0.05, 0.1) is 6.61 Å². The van der Waals surface area contributed by atoms with Crippen LogP contribution in [0.25, 0.3) is 0 Å². The fourth-order valence-corrected chi connectivity index (χ4v) is 4.50. The summed E-state index contributed by atoms with van der Waals surface area (Å²) in [6.45, 7) is 14.6. The summed E-state index contributed by atoms with van der Waals surface area (Å²) in [5.41, 5.74) is 4.10. The van der Waals surface area contributed by atoms with Gasteiger partial charge in [0.25, 0.3) is 5.91 Å². The molecule has 1 heterocycles. The summed E-state index contributed by atoms with van der Waals surface area (Å²) in [5, 5.41) is 4.21. The van der Waals surface area contributed by atoms with E-state index in [1.807, 2.05) is 32.1 Å². The van der Waals surface area contributed by atoms with Crippen LogP contribution in [0.3, 0.4) is 0 Å². The summed E-state index contributed by atoms with van der Waals surface area (Å²) in [6, 6.07) is 4.03. The maximum Gasteiger partial charge on any atom is 0.251 e. The maximum atomic E-state index is 12.6. The van der Waals surface area contributed by atoms with Crippen molar-refractivity contribution in [2.24, 2.45) is 11.8 Å². The van der Waals surface area contributed by atoms with Crippen LogP contribution in [0.15, 0.2) is 47.8 Å². The van der Waals surface area contributed by atoms with E-state index in [0.717, 1.165) is 73.4 Å². The Hall–Kier alpha value is -1.90. The largest absolute Gasteiger partial charge is 0.493 e. The number of rotatable bonds is 10. The second-order valence-corrected chi connectivity index (χ2v) is 9.99. The summed E-state index contributed by atoms with van der Waals surface area (Å²) in [6.07, 6.45) is 11.0. The van der Waals surface area contributed by atoms with Gasteiger partial charge in [-0.05, 0) is 106 Å². The lowest BCUT2D eigenvalue weighted by molar-refractivity contribution is 0.0950. The van der Waals surface area contributed by atoms with Gasteiger partial charge in [-0.2, -0.15) is 0 Å². The number of benzene rings is 1. The zero-order chi connectivity index (χ0) is 23.1. The van der Waals surface area contributed by atoms with Crippen molar-refractivity contribution in [3.63, 3.8) is 0 Å². The van der Waals surface area contributed by atoms with E-state index in [0.29, 0.717) is 11.8 Å². The minimum Gasteiger partial charge on any atom is -0.493 e. The molecule has 0 bridgehead atoms. The fourth-order valence-electron chi connectivity index (χ4n) is 4.29. The molecule has 32 heavy (non-hydrogen) atoms. The number of aryl methyl sites for hydroxylation is 2. The molecule has 174 valence electrons. The van der Waals surface area contributed by atoms with E-state index < -0.39 is 0 Å². The lowest BCUT2D eigenvalue weighted by Gasteiger charge is -2.32. The molecule has 0 radical (unpaired) electrons. The summed E-state index contributed by atoms with van der Waals surface area (Å²) in [4.78, 5) is 15.1. The number of likely N-dealkylation sites (tertiary alicyclic amines) is 1. The van der Waals surface area contributed by atoms with Gasteiger partial charge in [-0.3, -0.25) is 9.69 Å². The third-order valence-corrected chi connectivity index (χ3v) is 6.94. The van der Waals surface area contributed by atoms with Crippen LogP contribution in [-0.4, -0.2) is 43.6 Å². The van der Waals surface area contributed by atoms with E-state index in [1.54, 1.807) is 0 Å². The average molecular weight is 455 g/mol. The van der Waals surface area contributed by atoms with E-state index in [4.69, 9.17) is 4.74 Å². The third kappa shape index (κ3) is 7.32. The molecule has 1 aromatic rings. The predicted molar refractivity (Wildman–Crippen MR) is 137 cm³/mol. The first kappa shape index (κ1) is 24.7. The van der Waals surface area contributed by atoms with Gasteiger partial charge in [0.2, 0.25) is 0 Å². The molecule has 1 saturated heterocycles. The number of carbonyl (C=O) groups is 1. The van der Waals surface area contributed by atoms with Crippen molar-refractivity contribution in [1.29, 1.82) is 0 Å². The molecular weight excluding hydrogens is 415 g/mol. The van der Waals surface area contributed by atoms with E-state index >= 15 is 0 Å². The Kier molecular flexibility index (Phi) is 9.13. The van der Waals surface area contributed by atoms with Crippen molar-refractivity contribution < 1.29 is 9.53 Å². The molecule has 1 saturated carbocycles. The highest BCUT2D eigenvalue weighted by Gasteiger charge is 2.23. The molecule has 1 unspecified atom stereocenters. The van der Waals surface area contributed by atoms with Crippen LogP contribution in [-0.2, 0) is 0 Å². The smallest absolute Gasteiger partial charge is 0.251 e. The van der Waals surface area contributed by atoms with Crippen molar-refractivity contribution in [2.75, 3.05) is 32.8 Å². The van der Waals surface area contributed by atoms with Gasteiger partial charge < -0.3 is 10.1 Å². The Labute approximate surface area is 196 Å². The molecule has 4 nitrogen and oxygen atoms in total. The van der Waals surface area contributed by atoms with Crippen LogP contribution in [0.4, 0.5) is 0 Å². The molecule has 5 heteroatoms. The van der Waals surface area contributed by atoms with Gasteiger partial charge in [0, 0.05) is 18.7 Å². The lowest BCUT2D eigenvalue weighted by Crippen LogP contribution is -2.36. The quantitative estimate of drug-likeness (QED) is 0.379. The lowest BCUT2D eigenvalue weighted by atomic mass is 9.97. The van der Waals surface area contributed by atoms with Crippen molar-refractivity contribution in [3.8, 4) is 5.75 Å². The highest BCUT2D eigenvalue weighted by molar-refractivity contribution is 7.22. The number of nitrogens with one attached hydrogen (secondary N) is 1. The molecule has 1 aliphatic heterocycles. The molecule has 3 rings (SSSR count). The monoisotopic (exact) mass is 454 g/mol. The van der Waals surface area contributed by atoms with Crippen LogP contribution >= 0.6 is 9.24 Å². The zero-order valence-electron chi connectivity index (χ0n) is 20.0. The van der Waals surface area contributed by atoms with Gasteiger partial charge in [-0.1, -0.05) is 24.8 Å². The van der Waals surface area contributed by atoms with E-state index in [2.05, 4.69) is 45.1 Å². The predicted octanol–water partition coefficient (Wildman–Crippen LogP) is 5.43. The number of ether oxygens (including phenoxy) is 1. The second-order valence-electron chi connectivity index (χ2n) is 9.33. The van der Waals surface area contributed by atoms with Crippen LogP contribution < -0.4 is 10.1 Å². The highest BCUT2D eigenvalue weighted by atomic mass is 31.0. The van der Waals surface area contributed by atoms with Gasteiger partial charge in [-0.25, -0.2) is 0 Å². The molecule has 0 aromatic heterocycles. The van der Waals surface area contributed by atoms with E-state index in [-0.39, 0.29) is 5.91 Å². The van der Waals surface area contributed by atoms with Crippen LogP contribution in [0.5, 0.6) is 5.75 Å². The standard InChI is InChI=1S/C27H39N2O2P/c1-5-21(15-25(32)6-2)17-29-11-9-23(10-12-29)18-31-24-13-19(3)26(20(4)14-24)27(30)28-16-22-7-8-22/h5-6,13-15,22-23H,2,7-12,16-18,32H2,1,3-4H3,(H,28,30)/b21-5+,25-15+. The summed E-state index contributed by atoms with van der Waals surface area (Å²) < 4.78 is 6.17. The minimum absolute atomic E-state index is 0.0445. The molecular formula is C27H39N2O2P. The first-order valence-corrected chi connectivity index (χ1v) is 12.5. The highest BCUT2D eigenvalue weighted by Crippen LogP contribution is 2.28. The summed E-state index contributed by atoms with van der Waals surface area (Å²) in [5.74, 6) is 2.18. The van der Waals surface area contributed by atoms with Gasteiger partial charge in [0.15, 0.2) is 0 Å². The van der Waals surface area contributed by atoms with Crippen molar-refractivity contribution >= 4 is 15.1 Å². The van der Waals surface area contributed by atoms with Crippen LogP contribution in [0, 0.1) is 25.7 Å². The van der Waals surface area contributed by atoms with Crippen molar-refractivity contribution in [1.82, 2.24) is 10.2 Å². The Morgan fingerprint density at radius 3 is 2.41 bits per heavy atom. The normalized spacial score (nSPS) is 18.5. The number of amides is 1. The Morgan fingerprint density at radius 1 is 1.19 bits per heavy atom. The van der Waals surface area contributed by atoms with E-state index in [1.165, 1.54) is 18.4 Å². The minimum atomic E-state index is 0.0445. The molecule has 1 N–H and O–H groups in total. The van der Waals surface area contributed by atoms with Gasteiger partial charge in [0.1, 0.15) is 5.75 Å². The fraction of sp³-hybridized carbons (Fsp3) is 0.519. The Morgan fingerprint density at radius 2 is 1.84 bits per heavy atom. The number of piperidine rings is 1. The van der Waals surface area contributed by atoms with Crippen molar-refractivity contribution in [3.05, 3.63) is 64.5 Å². The Bertz CT molecular complexity index is 855. The molecule has 2 aliphatic rings. The average Bonchev–Trinajstić information content (AvgIpc) is 3.60. The summed E-state index contributed by atoms with van der Waals surface area (Å²) >= 11 is 0. The van der Waals surface area contributed by atoms with E-state index in [9.17, 15) is 4.79 Å². The SMILES string of the molecule is C=C/C(P)=C\C(=C/C)CN1CCC(COc2cc(C)c(C(=O)NCC3CC3)c(C)c2)CC1. The zero-order valence-corrected chi connectivity index (χ0v) is 21.1. The number of hydrogen-bond donors (Lipinski definition) is 1. The van der Waals surface area contributed by atoms with Crippen LogP contribution in [0.2, 0.25) is 0 Å². The molecule has 0 spiro atoms. The van der Waals surface area contributed by atoms with Crippen molar-refractivity contribution in [2.45, 2.75) is 46.5 Å². The molecule has 1 aliphatic carbocycles. The number of nitrogens with zero attached hydrogens (tertiary/aromatic N) is 1. The molecule has 1 aromatic carbocycles. The maximum absolute atomic E-state index is 12.6. The third-order valence-electron chi connectivity index (χ3n) is 6.54. The van der Waals surface area contributed by atoms with Crippen LogP contribution in [0.1, 0.15) is 54.1 Å². The second kappa shape index (κ2) is 11.8. The van der Waals surface area contributed by atoms with Gasteiger partial charge >= 0.3 is 0 Å². The molecule has 1 atom stereocenters. The molecule has 2 fully saturated rings. The first-order valence-electron chi connectivity index (χ1n) is 11.9. The molecule has 1 amide bonds. The van der Waals surface area contributed by atoms with Gasteiger partial charge in [-0.15, -0.1) is 9.24 Å². The number of carbonyl (C=O) groups excluding carboxylic acids is 1. The summed E-state index contributed by atoms with van der Waals surface area (Å²) in [7, 11) is 2.73. The number of hydrogen-bond acceptors (Lipinski definition) is 3. The first-order chi connectivity index (χ1) is 15.4. The number of allylic oxidation sites excluding steroid dienone is 3. The topological polar surface area (TPSA) is 41.6 Å². The Balaban J connectivity index is 1.47.